The number of aromatic nitrogens is 2. The van der Waals surface area contributed by atoms with Gasteiger partial charge in [-0.2, -0.15) is 0 Å². The van der Waals surface area contributed by atoms with Gasteiger partial charge in [0.15, 0.2) is 0 Å². The summed E-state index contributed by atoms with van der Waals surface area (Å²) >= 11 is 0. The molecule has 1 aromatic carbocycles. The van der Waals surface area contributed by atoms with Gasteiger partial charge in [-0.05, 0) is 80.1 Å². The number of carbonyl (C=O) groups is 3. The minimum absolute atomic E-state index is 0.143. The van der Waals surface area contributed by atoms with Crippen LogP contribution in [0.25, 0.3) is 5.65 Å². The van der Waals surface area contributed by atoms with E-state index >= 15 is 0 Å². The second-order valence-corrected chi connectivity index (χ2v) is 10.2. The lowest BCUT2D eigenvalue weighted by Gasteiger charge is -2.33. The third kappa shape index (κ3) is 4.07. The molecule has 2 fully saturated rings. The molecule has 1 atom stereocenters. The third-order valence-corrected chi connectivity index (χ3v) is 7.72. The molecule has 1 unspecified atom stereocenters. The van der Waals surface area contributed by atoms with E-state index in [1.165, 1.54) is 16.5 Å². The lowest BCUT2D eigenvalue weighted by Crippen LogP contribution is -2.52. The molecule has 186 valence electrons. The highest BCUT2D eigenvalue weighted by Gasteiger charge is 2.41. The summed E-state index contributed by atoms with van der Waals surface area (Å²) in [4.78, 5) is 45.7. The minimum Gasteiger partial charge on any atom is -0.322 e. The number of piperidine rings is 2. The van der Waals surface area contributed by atoms with Gasteiger partial charge >= 0.3 is 0 Å². The van der Waals surface area contributed by atoms with E-state index in [2.05, 4.69) is 40.0 Å². The SMILES string of the molecule is Cc1ccc2nc(CN3CCC(c4cc(F)cc5c4CN(C4CCC(=O)NC4=O)C5=O)CC3)cn2c1. The summed E-state index contributed by atoms with van der Waals surface area (Å²) in [6, 6.07) is 6.23. The quantitative estimate of drug-likeness (QED) is 0.570. The van der Waals surface area contributed by atoms with Gasteiger partial charge in [-0.1, -0.05) is 6.07 Å². The lowest BCUT2D eigenvalue weighted by atomic mass is 9.85. The number of pyridine rings is 1. The van der Waals surface area contributed by atoms with Crippen LogP contribution in [0.2, 0.25) is 0 Å². The average Bonchev–Trinajstić information content (AvgIpc) is 3.39. The number of hydrogen-bond donors (Lipinski definition) is 1. The highest BCUT2D eigenvalue weighted by molar-refractivity contribution is 6.05. The number of imide groups is 1. The maximum absolute atomic E-state index is 14.6. The maximum atomic E-state index is 14.6. The first kappa shape index (κ1) is 22.8. The van der Waals surface area contributed by atoms with Crippen LogP contribution in [0, 0.1) is 12.7 Å². The summed E-state index contributed by atoms with van der Waals surface area (Å²) in [6.45, 7) is 4.80. The fourth-order valence-electron chi connectivity index (χ4n) is 5.88. The number of halogens is 1. The first-order valence-corrected chi connectivity index (χ1v) is 12.5. The number of nitrogens with one attached hydrogen (secondary N) is 1. The Hall–Kier alpha value is -3.59. The van der Waals surface area contributed by atoms with E-state index in [1.807, 2.05) is 6.07 Å². The van der Waals surface area contributed by atoms with Crippen LogP contribution < -0.4 is 5.32 Å². The summed E-state index contributed by atoms with van der Waals surface area (Å²) in [5, 5.41) is 2.32. The van der Waals surface area contributed by atoms with Crippen molar-refractivity contribution in [3.63, 3.8) is 0 Å². The van der Waals surface area contributed by atoms with Crippen molar-refractivity contribution in [1.29, 1.82) is 0 Å². The normalized spacial score (nSPS) is 21.3. The number of rotatable bonds is 4. The van der Waals surface area contributed by atoms with E-state index in [0.717, 1.165) is 54.9 Å². The Bertz CT molecular complexity index is 1390. The second kappa shape index (κ2) is 8.81. The molecule has 3 aromatic rings. The van der Waals surface area contributed by atoms with Gasteiger partial charge in [0.25, 0.3) is 5.91 Å². The van der Waals surface area contributed by atoms with Crippen LogP contribution in [0.3, 0.4) is 0 Å². The fourth-order valence-corrected chi connectivity index (χ4v) is 5.88. The topological polar surface area (TPSA) is 87.0 Å². The van der Waals surface area contributed by atoms with Crippen LogP contribution in [0.15, 0.2) is 36.7 Å². The number of likely N-dealkylation sites (tertiary alicyclic amines) is 1. The number of nitrogens with zero attached hydrogens (tertiary/aromatic N) is 4. The van der Waals surface area contributed by atoms with E-state index < -0.39 is 17.8 Å². The number of amides is 3. The summed E-state index contributed by atoms with van der Waals surface area (Å²) in [7, 11) is 0. The van der Waals surface area contributed by atoms with Gasteiger partial charge in [0.05, 0.1) is 5.69 Å². The van der Waals surface area contributed by atoms with Gasteiger partial charge in [-0.15, -0.1) is 0 Å². The largest absolute Gasteiger partial charge is 0.322 e. The van der Waals surface area contributed by atoms with Crippen LogP contribution in [0.1, 0.15) is 64.3 Å². The molecule has 2 saturated heterocycles. The molecule has 3 amide bonds. The smallest absolute Gasteiger partial charge is 0.255 e. The molecule has 0 spiro atoms. The van der Waals surface area contributed by atoms with Crippen LogP contribution in [-0.2, 0) is 22.7 Å². The highest BCUT2D eigenvalue weighted by Crippen LogP contribution is 2.38. The molecule has 2 aromatic heterocycles. The molecule has 0 radical (unpaired) electrons. The summed E-state index contributed by atoms with van der Waals surface area (Å²) in [6.07, 6.45) is 6.35. The average molecular weight is 490 g/mol. The Balaban J connectivity index is 1.16. The summed E-state index contributed by atoms with van der Waals surface area (Å²) < 4.78 is 16.7. The van der Waals surface area contributed by atoms with Gasteiger partial charge in [0, 0.05) is 37.5 Å². The van der Waals surface area contributed by atoms with Crippen molar-refractivity contribution < 1.29 is 18.8 Å². The van der Waals surface area contributed by atoms with Crippen molar-refractivity contribution in [2.45, 2.75) is 57.7 Å². The molecule has 36 heavy (non-hydrogen) atoms. The van der Waals surface area contributed by atoms with Crippen molar-refractivity contribution in [1.82, 2.24) is 24.5 Å². The Morgan fingerprint density at radius 1 is 1.08 bits per heavy atom. The third-order valence-electron chi connectivity index (χ3n) is 7.72. The van der Waals surface area contributed by atoms with E-state index in [0.29, 0.717) is 12.0 Å². The number of fused-ring (bicyclic) bond motifs is 2. The van der Waals surface area contributed by atoms with Gasteiger partial charge in [-0.25, -0.2) is 9.37 Å². The first-order chi connectivity index (χ1) is 17.4. The summed E-state index contributed by atoms with van der Waals surface area (Å²) in [5.74, 6) is -1.39. The molecule has 8 nitrogen and oxygen atoms in total. The lowest BCUT2D eigenvalue weighted by molar-refractivity contribution is -0.136. The fraction of sp³-hybridized carbons (Fsp3) is 0.407. The first-order valence-electron chi connectivity index (χ1n) is 12.5. The van der Waals surface area contributed by atoms with Crippen molar-refractivity contribution in [2.75, 3.05) is 13.1 Å². The monoisotopic (exact) mass is 489 g/mol. The number of benzene rings is 1. The van der Waals surface area contributed by atoms with Gasteiger partial charge < -0.3 is 9.30 Å². The zero-order valence-corrected chi connectivity index (χ0v) is 20.2. The Kier molecular flexibility index (Phi) is 5.59. The molecule has 9 heteroatoms. The van der Waals surface area contributed by atoms with Gasteiger partial charge in [-0.3, -0.25) is 24.6 Å². The van der Waals surface area contributed by atoms with Crippen molar-refractivity contribution in [3.05, 3.63) is 70.4 Å². The molecular weight excluding hydrogens is 461 g/mol. The molecule has 0 saturated carbocycles. The molecule has 0 bridgehead atoms. The zero-order valence-electron chi connectivity index (χ0n) is 20.2. The standard InChI is InChI=1S/C27H28FN5O3/c1-16-2-4-24-29-19(14-32(24)12-16)13-31-8-6-17(7-9-31)20-10-18(28)11-21-22(20)15-33(27(21)36)23-3-5-25(34)30-26(23)35/h2,4,10-12,14,17,23H,3,5-9,13,15H2,1H3,(H,30,34,35). The number of hydrogen-bond acceptors (Lipinski definition) is 5. The number of aryl methyl sites for hydroxylation is 1. The molecule has 3 aliphatic rings. The Labute approximate surface area is 208 Å². The van der Waals surface area contributed by atoms with Crippen molar-refractivity contribution >= 4 is 23.4 Å². The molecule has 5 heterocycles. The van der Waals surface area contributed by atoms with Crippen LogP contribution in [-0.4, -0.2) is 56.0 Å². The summed E-state index contributed by atoms with van der Waals surface area (Å²) in [5.41, 5.74) is 5.18. The number of carbonyl (C=O) groups excluding carboxylic acids is 3. The second-order valence-electron chi connectivity index (χ2n) is 10.2. The highest BCUT2D eigenvalue weighted by atomic mass is 19.1. The molecular formula is C27H28FN5O3. The van der Waals surface area contributed by atoms with Gasteiger partial charge in [0.1, 0.15) is 17.5 Å². The predicted octanol–water partition coefficient (Wildman–Crippen LogP) is 2.92. The van der Waals surface area contributed by atoms with Crippen LogP contribution in [0.4, 0.5) is 4.39 Å². The Morgan fingerprint density at radius 2 is 1.89 bits per heavy atom. The molecule has 0 aliphatic carbocycles. The molecule has 3 aliphatic heterocycles. The van der Waals surface area contributed by atoms with Crippen LogP contribution >= 0.6 is 0 Å². The maximum Gasteiger partial charge on any atom is 0.255 e. The van der Waals surface area contributed by atoms with Crippen LogP contribution in [0.5, 0.6) is 0 Å². The zero-order chi connectivity index (χ0) is 25.0. The Morgan fingerprint density at radius 3 is 2.67 bits per heavy atom. The minimum atomic E-state index is -0.699. The van der Waals surface area contributed by atoms with E-state index in [-0.39, 0.29) is 30.7 Å². The van der Waals surface area contributed by atoms with E-state index in [4.69, 9.17) is 4.98 Å². The van der Waals surface area contributed by atoms with Crippen molar-refractivity contribution in [2.24, 2.45) is 0 Å². The predicted molar refractivity (Wildman–Crippen MR) is 130 cm³/mol. The van der Waals surface area contributed by atoms with Crippen molar-refractivity contribution in [3.8, 4) is 0 Å². The van der Waals surface area contributed by atoms with E-state index in [1.54, 1.807) is 6.07 Å². The molecule has 1 N–H and O–H groups in total. The number of imidazole rings is 1. The van der Waals surface area contributed by atoms with E-state index in [9.17, 15) is 18.8 Å². The van der Waals surface area contributed by atoms with Gasteiger partial charge in [0.2, 0.25) is 11.8 Å². The molecule has 6 rings (SSSR count).